The average molecular weight is 433 g/mol. The first kappa shape index (κ1) is 22.2. The fourth-order valence-corrected chi connectivity index (χ4v) is 1.89. The zero-order valence-electron chi connectivity index (χ0n) is 14.8. The summed E-state index contributed by atoms with van der Waals surface area (Å²) in [4.78, 5) is 4.24. The van der Waals surface area contributed by atoms with Gasteiger partial charge in [0.25, 0.3) is 0 Å². The van der Waals surface area contributed by atoms with Crippen LogP contribution in [0.4, 0.5) is 0 Å². The molecule has 0 saturated heterocycles. The van der Waals surface area contributed by atoms with Gasteiger partial charge < -0.3 is 15.4 Å². The molecule has 0 fully saturated rings. The lowest BCUT2D eigenvalue weighted by atomic mass is 10.1. The molecule has 0 amide bonds. The summed E-state index contributed by atoms with van der Waals surface area (Å²) in [6.45, 7) is 9.00. The van der Waals surface area contributed by atoms with E-state index in [0.29, 0.717) is 12.0 Å². The number of benzene rings is 1. The van der Waals surface area contributed by atoms with Crippen molar-refractivity contribution in [2.75, 3.05) is 26.8 Å². The van der Waals surface area contributed by atoms with Gasteiger partial charge in [-0.05, 0) is 31.2 Å². The monoisotopic (exact) mass is 433 g/mol. The third kappa shape index (κ3) is 10.5. The van der Waals surface area contributed by atoms with Crippen molar-refractivity contribution in [2.45, 2.75) is 39.7 Å². The summed E-state index contributed by atoms with van der Waals surface area (Å²) < 4.78 is 5.67. The molecule has 0 aliphatic heterocycles. The largest absolute Gasteiger partial charge is 0.381 e. The summed E-state index contributed by atoms with van der Waals surface area (Å²) in [6.07, 6.45) is 1.95. The Morgan fingerprint density at radius 3 is 2.43 bits per heavy atom. The molecule has 0 heterocycles. The van der Waals surface area contributed by atoms with E-state index < -0.39 is 0 Å². The van der Waals surface area contributed by atoms with Gasteiger partial charge in [-0.3, -0.25) is 4.99 Å². The van der Waals surface area contributed by atoms with Gasteiger partial charge in [-0.25, -0.2) is 0 Å². The minimum absolute atomic E-state index is 0. The van der Waals surface area contributed by atoms with E-state index in [1.165, 1.54) is 5.56 Å². The highest BCUT2D eigenvalue weighted by Crippen LogP contribution is 2.00. The lowest BCUT2D eigenvalue weighted by Gasteiger charge is -2.20. The van der Waals surface area contributed by atoms with Gasteiger partial charge in [-0.15, -0.1) is 24.0 Å². The zero-order valence-corrected chi connectivity index (χ0v) is 17.2. The Balaban J connectivity index is 0.00000484. The Morgan fingerprint density at radius 1 is 1.13 bits per heavy atom. The maximum Gasteiger partial charge on any atom is 0.191 e. The number of aliphatic imine (C=N–C) groups is 1. The number of nitrogens with one attached hydrogen (secondary N) is 2. The summed E-state index contributed by atoms with van der Waals surface area (Å²) >= 11 is 0. The number of guanidine groups is 1. The third-order valence-corrected chi connectivity index (χ3v) is 3.72. The van der Waals surface area contributed by atoms with Crippen LogP contribution in [-0.4, -0.2) is 38.8 Å². The molecule has 132 valence electrons. The van der Waals surface area contributed by atoms with Crippen LogP contribution in [0.15, 0.2) is 35.3 Å². The zero-order chi connectivity index (χ0) is 16.2. The molecular formula is C18H32IN3O. The fourth-order valence-electron chi connectivity index (χ4n) is 1.89. The molecular weight excluding hydrogens is 401 g/mol. The van der Waals surface area contributed by atoms with E-state index in [-0.39, 0.29) is 24.0 Å². The highest BCUT2D eigenvalue weighted by Gasteiger charge is 2.08. The van der Waals surface area contributed by atoms with Gasteiger partial charge in [0.1, 0.15) is 0 Å². The first-order valence-corrected chi connectivity index (χ1v) is 8.22. The molecule has 1 atom stereocenters. The van der Waals surface area contributed by atoms with Crippen molar-refractivity contribution in [1.82, 2.24) is 10.6 Å². The number of hydrogen-bond acceptors (Lipinski definition) is 2. The van der Waals surface area contributed by atoms with Gasteiger partial charge >= 0.3 is 0 Å². The molecule has 0 saturated carbocycles. The highest BCUT2D eigenvalue weighted by molar-refractivity contribution is 14.0. The molecule has 1 aromatic carbocycles. The third-order valence-electron chi connectivity index (χ3n) is 3.72. The van der Waals surface area contributed by atoms with Crippen LogP contribution >= 0.6 is 24.0 Å². The second-order valence-electron chi connectivity index (χ2n) is 5.88. The predicted molar refractivity (Wildman–Crippen MR) is 110 cm³/mol. The standard InChI is InChI=1S/C18H31N3O.HI/c1-15(2)16(3)21-18(19-4)20-12-8-13-22-14-11-17-9-6-5-7-10-17;/h5-7,9-10,15-16H,8,11-14H2,1-4H3,(H2,19,20,21);1H. The van der Waals surface area contributed by atoms with Crippen molar-refractivity contribution in [2.24, 2.45) is 10.9 Å². The van der Waals surface area contributed by atoms with Crippen LogP contribution in [0.1, 0.15) is 32.8 Å². The molecule has 0 spiro atoms. The van der Waals surface area contributed by atoms with Gasteiger partial charge in [-0.1, -0.05) is 44.2 Å². The molecule has 4 nitrogen and oxygen atoms in total. The van der Waals surface area contributed by atoms with Gasteiger partial charge in [-0.2, -0.15) is 0 Å². The van der Waals surface area contributed by atoms with Gasteiger partial charge in [0, 0.05) is 26.2 Å². The fraction of sp³-hybridized carbons (Fsp3) is 0.611. The first-order chi connectivity index (χ1) is 10.6. The second-order valence-corrected chi connectivity index (χ2v) is 5.88. The quantitative estimate of drug-likeness (QED) is 0.271. The van der Waals surface area contributed by atoms with E-state index in [9.17, 15) is 0 Å². The molecule has 0 aromatic heterocycles. The molecule has 1 aromatic rings. The smallest absolute Gasteiger partial charge is 0.191 e. The number of halogens is 1. The van der Waals surface area contributed by atoms with Crippen LogP contribution in [0.25, 0.3) is 0 Å². The second kappa shape index (κ2) is 13.6. The predicted octanol–water partition coefficient (Wildman–Crippen LogP) is 3.46. The number of ether oxygens (including phenoxy) is 1. The minimum Gasteiger partial charge on any atom is -0.381 e. The molecule has 0 aliphatic carbocycles. The van der Waals surface area contributed by atoms with E-state index in [4.69, 9.17) is 4.74 Å². The Hall–Kier alpha value is -0.820. The molecule has 23 heavy (non-hydrogen) atoms. The van der Waals surface area contributed by atoms with Crippen molar-refractivity contribution in [3.8, 4) is 0 Å². The molecule has 1 unspecified atom stereocenters. The summed E-state index contributed by atoms with van der Waals surface area (Å²) in [5.74, 6) is 1.45. The molecule has 1 rings (SSSR count). The van der Waals surface area contributed by atoms with Crippen molar-refractivity contribution < 1.29 is 4.74 Å². The minimum atomic E-state index is 0. The Bertz CT molecular complexity index is 424. The van der Waals surface area contributed by atoms with E-state index in [0.717, 1.165) is 38.6 Å². The van der Waals surface area contributed by atoms with Crippen LogP contribution in [-0.2, 0) is 11.2 Å². The maximum absolute atomic E-state index is 5.67. The van der Waals surface area contributed by atoms with Crippen LogP contribution in [0.3, 0.4) is 0 Å². The molecule has 2 N–H and O–H groups in total. The number of nitrogens with zero attached hydrogens (tertiary/aromatic N) is 1. The molecule has 0 radical (unpaired) electrons. The maximum atomic E-state index is 5.67. The number of rotatable bonds is 9. The summed E-state index contributed by atoms with van der Waals surface area (Å²) in [5.41, 5.74) is 1.33. The molecule has 5 heteroatoms. The van der Waals surface area contributed by atoms with Crippen molar-refractivity contribution >= 4 is 29.9 Å². The van der Waals surface area contributed by atoms with Crippen LogP contribution in [0.2, 0.25) is 0 Å². The van der Waals surface area contributed by atoms with Crippen LogP contribution < -0.4 is 10.6 Å². The Morgan fingerprint density at radius 2 is 1.83 bits per heavy atom. The van der Waals surface area contributed by atoms with Crippen LogP contribution in [0.5, 0.6) is 0 Å². The topological polar surface area (TPSA) is 45.7 Å². The lowest BCUT2D eigenvalue weighted by molar-refractivity contribution is 0.135. The Labute approximate surface area is 158 Å². The van der Waals surface area contributed by atoms with E-state index in [1.54, 1.807) is 7.05 Å². The van der Waals surface area contributed by atoms with Crippen molar-refractivity contribution in [3.05, 3.63) is 35.9 Å². The molecule has 0 bridgehead atoms. The summed E-state index contributed by atoms with van der Waals surface area (Å²) in [5, 5.41) is 6.71. The van der Waals surface area contributed by atoms with Crippen molar-refractivity contribution in [1.29, 1.82) is 0 Å². The van der Waals surface area contributed by atoms with Crippen LogP contribution in [0, 0.1) is 5.92 Å². The van der Waals surface area contributed by atoms with Gasteiger partial charge in [0.05, 0.1) is 6.61 Å². The van der Waals surface area contributed by atoms with Gasteiger partial charge in [0.15, 0.2) is 5.96 Å². The van der Waals surface area contributed by atoms with E-state index >= 15 is 0 Å². The molecule has 0 aliphatic rings. The number of hydrogen-bond donors (Lipinski definition) is 2. The summed E-state index contributed by atoms with van der Waals surface area (Å²) in [6, 6.07) is 10.9. The normalized spacial score (nSPS) is 12.7. The van der Waals surface area contributed by atoms with E-state index in [1.807, 2.05) is 6.07 Å². The average Bonchev–Trinajstić information content (AvgIpc) is 2.53. The summed E-state index contributed by atoms with van der Waals surface area (Å²) in [7, 11) is 1.80. The lowest BCUT2D eigenvalue weighted by Crippen LogP contribution is -2.44. The Kier molecular flexibility index (Phi) is 13.1. The first-order valence-electron chi connectivity index (χ1n) is 8.22. The highest BCUT2D eigenvalue weighted by atomic mass is 127. The van der Waals surface area contributed by atoms with E-state index in [2.05, 4.69) is 60.7 Å². The SMILES string of the molecule is CN=C(NCCCOCCc1ccccc1)NC(C)C(C)C.I. The van der Waals surface area contributed by atoms with Gasteiger partial charge in [0.2, 0.25) is 0 Å². The van der Waals surface area contributed by atoms with Crippen molar-refractivity contribution in [3.63, 3.8) is 0 Å².